The Hall–Kier alpha value is -2.75. The molecule has 1 heterocycles. The van der Waals surface area contributed by atoms with Crippen LogP contribution in [0.25, 0.3) is 22.5 Å². The van der Waals surface area contributed by atoms with Crippen LogP contribution in [0.15, 0.2) is 48.5 Å². The van der Waals surface area contributed by atoms with Gasteiger partial charge in [-0.25, -0.2) is 0 Å². The molecule has 140 valence electrons. The predicted molar refractivity (Wildman–Crippen MR) is 108 cm³/mol. The van der Waals surface area contributed by atoms with E-state index in [4.69, 9.17) is 5.10 Å². The van der Waals surface area contributed by atoms with Gasteiger partial charge in [0.15, 0.2) is 0 Å². The first-order valence-corrected chi connectivity index (χ1v) is 9.87. The minimum atomic E-state index is 0.266. The zero-order chi connectivity index (χ0) is 18.8. The highest BCUT2D eigenvalue weighted by Gasteiger charge is 2.25. The fourth-order valence-corrected chi connectivity index (χ4v) is 4.17. The summed E-state index contributed by atoms with van der Waals surface area (Å²) in [5.41, 5.74) is 5.49. The van der Waals surface area contributed by atoms with Crippen LogP contribution in [0.1, 0.15) is 50.6 Å². The Bertz CT molecular complexity index is 905. The molecule has 1 aliphatic rings. The van der Waals surface area contributed by atoms with Gasteiger partial charge in [0.1, 0.15) is 11.5 Å². The molecule has 1 fully saturated rings. The minimum Gasteiger partial charge on any atom is -0.508 e. The zero-order valence-corrected chi connectivity index (χ0v) is 15.7. The third kappa shape index (κ3) is 3.44. The molecule has 27 heavy (non-hydrogen) atoms. The molecule has 2 N–H and O–H groups in total. The van der Waals surface area contributed by atoms with E-state index < -0.39 is 0 Å². The molecule has 4 nitrogen and oxygen atoms in total. The molecular formula is C23H26N2O2. The lowest BCUT2D eigenvalue weighted by molar-refractivity contribution is 0.332. The van der Waals surface area contributed by atoms with Crippen molar-refractivity contribution in [3.8, 4) is 34.0 Å². The Morgan fingerprint density at radius 2 is 1.41 bits per heavy atom. The molecule has 0 saturated heterocycles. The Labute approximate surface area is 160 Å². The van der Waals surface area contributed by atoms with Crippen molar-refractivity contribution in [2.45, 2.75) is 51.5 Å². The van der Waals surface area contributed by atoms with Crippen LogP contribution in [0.2, 0.25) is 0 Å². The summed E-state index contributed by atoms with van der Waals surface area (Å²) < 4.78 is 2.23. The lowest BCUT2D eigenvalue weighted by Gasteiger charge is -2.24. The first-order valence-electron chi connectivity index (χ1n) is 9.87. The number of aromatic hydroxyl groups is 2. The lowest BCUT2D eigenvalue weighted by Crippen LogP contribution is -2.15. The molecule has 0 spiro atoms. The molecular weight excluding hydrogens is 336 g/mol. The quantitative estimate of drug-likeness (QED) is 0.626. The van der Waals surface area contributed by atoms with E-state index in [1.54, 1.807) is 24.3 Å². The van der Waals surface area contributed by atoms with Crippen LogP contribution in [-0.4, -0.2) is 20.0 Å². The molecule has 2 aromatic carbocycles. The Morgan fingerprint density at radius 1 is 0.852 bits per heavy atom. The van der Waals surface area contributed by atoms with Crippen LogP contribution in [0.5, 0.6) is 11.5 Å². The number of phenols is 2. The lowest BCUT2D eigenvalue weighted by atomic mass is 9.94. The molecule has 4 rings (SSSR count). The zero-order valence-electron chi connectivity index (χ0n) is 15.7. The van der Waals surface area contributed by atoms with Crippen LogP contribution in [0, 0.1) is 0 Å². The maximum Gasteiger partial charge on any atom is 0.115 e. The molecule has 0 radical (unpaired) electrons. The number of rotatable bonds is 4. The standard InChI is InChI=1S/C23H26N2O2/c1-2-21-22(16-8-12-19(26)13-9-16)24-25(18-6-4-3-5-7-18)23(21)17-10-14-20(27)15-11-17/h8-15,18,26-27H,2-7H2,1H3. The van der Waals surface area contributed by atoms with Crippen molar-refractivity contribution in [2.75, 3.05) is 0 Å². The fourth-order valence-electron chi connectivity index (χ4n) is 4.17. The second-order valence-electron chi connectivity index (χ2n) is 7.36. The Morgan fingerprint density at radius 3 is 1.96 bits per heavy atom. The maximum absolute atomic E-state index is 9.71. The summed E-state index contributed by atoms with van der Waals surface area (Å²) >= 11 is 0. The van der Waals surface area contributed by atoms with Gasteiger partial charge in [0.25, 0.3) is 0 Å². The van der Waals surface area contributed by atoms with Gasteiger partial charge in [-0.15, -0.1) is 0 Å². The number of aromatic nitrogens is 2. The topological polar surface area (TPSA) is 58.3 Å². The summed E-state index contributed by atoms with van der Waals surface area (Å²) in [7, 11) is 0. The summed E-state index contributed by atoms with van der Waals surface area (Å²) in [5, 5.41) is 24.4. The highest BCUT2D eigenvalue weighted by atomic mass is 16.3. The molecule has 1 saturated carbocycles. The van der Waals surface area contributed by atoms with Gasteiger partial charge in [0.05, 0.1) is 17.4 Å². The van der Waals surface area contributed by atoms with Crippen molar-refractivity contribution in [1.29, 1.82) is 0 Å². The first-order chi connectivity index (χ1) is 13.2. The van der Waals surface area contributed by atoms with Crippen molar-refractivity contribution < 1.29 is 10.2 Å². The largest absolute Gasteiger partial charge is 0.508 e. The molecule has 1 aliphatic carbocycles. The maximum atomic E-state index is 9.71. The van der Waals surface area contributed by atoms with E-state index in [0.29, 0.717) is 6.04 Å². The van der Waals surface area contributed by atoms with Crippen LogP contribution in [0.3, 0.4) is 0 Å². The average Bonchev–Trinajstić information content (AvgIpc) is 3.09. The number of hydrogen-bond donors (Lipinski definition) is 2. The second-order valence-corrected chi connectivity index (χ2v) is 7.36. The van der Waals surface area contributed by atoms with Crippen molar-refractivity contribution in [2.24, 2.45) is 0 Å². The summed E-state index contributed by atoms with van der Waals surface area (Å²) in [4.78, 5) is 0. The summed E-state index contributed by atoms with van der Waals surface area (Å²) in [5.74, 6) is 0.543. The van der Waals surface area contributed by atoms with Gasteiger partial charge in [0.2, 0.25) is 0 Å². The molecule has 0 atom stereocenters. The molecule has 1 aromatic heterocycles. The van der Waals surface area contributed by atoms with E-state index >= 15 is 0 Å². The monoisotopic (exact) mass is 362 g/mol. The van der Waals surface area contributed by atoms with E-state index in [0.717, 1.165) is 41.8 Å². The summed E-state index contributed by atoms with van der Waals surface area (Å²) in [6.07, 6.45) is 6.98. The molecule has 0 aliphatic heterocycles. The highest BCUT2D eigenvalue weighted by molar-refractivity contribution is 5.75. The Balaban J connectivity index is 1.90. The molecule has 3 aromatic rings. The van der Waals surface area contributed by atoms with Crippen molar-refractivity contribution >= 4 is 0 Å². The number of hydrogen-bond acceptors (Lipinski definition) is 3. The smallest absolute Gasteiger partial charge is 0.115 e. The normalized spacial score (nSPS) is 15.1. The Kier molecular flexibility index (Phi) is 4.88. The van der Waals surface area contributed by atoms with E-state index in [2.05, 4.69) is 11.6 Å². The fraction of sp³-hybridized carbons (Fsp3) is 0.348. The number of benzene rings is 2. The van der Waals surface area contributed by atoms with Gasteiger partial charge in [0, 0.05) is 16.7 Å². The molecule has 0 amide bonds. The number of phenolic OH excluding ortho intramolecular Hbond substituents is 2. The van der Waals surface area contributed by atoms with Crippen molar-refractivity contribution in [3.63, 3.8) is 0 Å². The average molecular weight is 362 g/mol. The third-order valence-electron chi connectivity index (χ3n) is 5.56. The van der Waals surface area contributed by atoms with Gasteiger partial charge in [-0.2, -0.15) is 5.10 Å². The predicted octanol–water partition coefficient (Wildman–Crippen LogP) is 5.70. The van der Waals surface area contributed by atoms with Crippen LogP contribution in [-0.2, 0) is 6.42 Å². The van der Waals surface area contributed by atoms with Gasteiger partial charge in [-0.1, -0.05) is 26.2 Å². The van der Waals surface area contributed by atoms with E-state index in [9.17, 15) is 10.2 Å². The summed E-state index contributed by atoms with van der Waals surface area (Å²) in [6, 6.07) is 15.2. The molecule has 0 bridgehead atoms. The van der Waals surface area contributed by atoms with Crippen LogP contribution in [0.4, 0.5) is 0 Å². The number of nitrogens with zero attached hydrogens (tertiary/aromatic N) is 2. The van der Waals surface area contributed by atoms with Crippen LogP contribution >= 0.6 is 0 Å². The molecule has 0 unspecified atom stereocenters. The van der Waals surface area contributed by atoms with E-state index in [1.807, 2.05) is 24.3 Å². The van der Waals surface area contributed by atoms with E-state index in [1.165, 1.54) is 24.8 Å². The highest BCUT2D eigenvalue weighted by Crippen LogP contribution is 2.39. The van der Waals surface area contributed by atoms with Crippen molar-refractivity contribution in [3.05, 3.63) is 54.1 Å². The van der Waals surface area contributed by atoms with Crippen molar-refractivity contribution in [1.82, 2.24) is 9.78 Å². The van der Waals surface area contributed by atoms with Crippen LogP contribution < -0.4 is 0 Å². The van der Waals surface area contributed by atoms with Gasteiger partial charge >= 0.3 is 0 Å². The first kappa shape index (κ1) is 17.7. The minimum absolute atomic E-state index is 0.266. The molecule has 4 heteroatoms. The van der Waals surface area contributed by atoms with Gasteiger partial charge in [-0.3, -0.25) is 4.68 Å². The summed E-state index contributed by atoms with van der Waals surface area (Å²) in [6.45, 7) is 2.16. The van der Waals surface area contributed by atoms with E-state index in [-0.39, 0.29) is 11.5 Å². The van der Waals surface area contributed by atoms with Gasteiger partial charge in [-0.05, 0) is 67.8 Å². The SMILES string of the molecule is CCc1c(-c2ccc(O)cc2)nn(C2CCCCC2)c1-c1ccc(O)cc1. The van der Waals surface area contributed by atoms with Gasteiger partial charge < -0.3 is 10.2 Å². The second kappa shape index (κ2) is 7.47. The third-order valence-corrected chi connectivity index (χ3v) is 5.56.